The molecule has 0 heterocycles. The lowest BCUT2D eigenvalue weighted by Gasteiger charge is -2.19. The molecule has 0 aromatic carbocycles. The lowest BCUT2D eigenvalue weighted by atomic mass is 10.2. The van der Waals surface area contributed by atoms with E-state index in [0.717, 1.165) is 0 Å². The van der Waals surface area contributed by atoms with Gasteiger partial charge >= 0.3 is 5.97 Å². The Balaban J connectivity index is 4.73. The highest BCUT2D eigenvalue weighted by molar-refractivity contribution is 7.86. The molecule has 0 aliphatic carbocycles. The van der Waals surface area contributed by atoms with Crippen LogP contribution in [-0.2, 0) is 28.6 Å². The molecule has 0 amide bonds. The molecule has 0 unspecified atom stereocenters. The van der Waals surface area contributed by atoms with Crippen LogP contribution in [0.3, 0.4) is 0 Å². The Morgan fingerprint density at radius 3 is 2.16 bits per heavy atom. The minimum Gasteiger partial charge on any atom is -0.455 e. The van der Waals surface area contributed by atoms with Crippen molar-refractivity contribution in [1.29, 1.82) is 0 Å². The first-order chi connectivity index (χ1) is 8.52. The zero-order valence-corrected chi connectivity index (χ0v) is 12.0. The van der Waals surface area contributed by atoms with Crippen molar-refractivity contribution < 1.29 is 32.1 Å². The molecule has 0 saturated carbocycles. The summed E-state index contributed by atoms with van der Waals surface area (Å²) < 4.78 is 31.2. The number of esters is 1. The van der Waals surface area contributed by atoms with E-state index in [1.807, 2.05) is 0 Å². The van der Waals surface area contributed by atoms with Gasteiger partial charge in [-0.1, -0.05) is 5.16 Å². The molecule has 1 N–H and O–H groups in total. The smallest absolute Gasteiger partial charge is 0.364 e. The van der Waals surface area contributed by atoms with Crippen LogP contribution in [0, 0.1) is 0 Å². The highest BCUT2D eigenvalue weighted by Gasteiger charge is 2.28. The highest BCUT2D eigenvalue weighted by atomic mass is 32.2. The van der Waals surface area contributed by atoms with Gasteiger partial charge in [-0.15, -0.1) is 0 Å². The lowest BCUT2D eigenvalue weighted by molar-refractivity contribution is -0.146. The largest absolute Gasteiger partial charge is 0.455 e. The molecule has 0 aromatic heterocycles. The van der Waals surface area contributed by atoms with Gasteiger partial charge in [-0.2, -0.15) is 8.42 Å². The van der Waals surface area contributed by atoms with Crippen LogP contribution >= 0.6 is 0 Å². The topological polar surface area (TPSA) is 119 Å². The summed E-state index contributed by atoms with van der Waals surface area (Å²) in [5, 5.41) is 11.1. The zero-order chi connectivity index (χ0) is 15.3. The van der Waals surface area contributed by atoms with Gasteiger partial charge in [0.1, 0.15) is 12.2 Å². The van der Waals surface area contributed by atoms with Crippen LogP contribution in [0.4, 0.5) is 0 Å². The maximum Gasteiger partial charge on any atom is 0.364 e. The van der Waals surface area contributed by atoms with Crippen molar-refractivity contribution in [2.24, 2.45) is 5.16 Å². The monoisotopic (exact) mass is 295 g/mol. The predicted molar refractivity (Wildman–Crippen MR) is 65.5 cm³/mol. The van der Waals surface area contributed by atoms with Crippen molar-refractivity contribution in [3.63, 3.8) is 0 Å². The van der Waals surface area contributed by atoms with Gasteiger partial charge in [0.05, 0.1) is 5.75 Å². The molecule has 0 aromatic rings. The van der Waals surface area contributed by atoms with Gasteiger partial charge in [0.25, 0.3) is 10.1 Å². The number of hydrogen-bond donors (Lipinski definition) is 1. The van der Waals surface area contributed by atoms with E-state index in [-0.39, 0.29) is 5.75 Å². The Morgan fingerprint density at radius 2 is 1.79 bits per heavy atom. The first kappa shape index (κ1) is 17.5. The Labute approximate surface area is 111 Å². The second-order valence-corrected chi connectivity index (χ2v) is 6.41. The quantitative estimate of drug-likeness (QED) is 0.184. The van der Waals surface area contributed by atoms with E-state index in [9.17, 15) is 18.0 Å². The Morgan fingerprint density at radius 1 is 1.26 bits per heavy atom. The first-order valence-electron chi connectivity index (χ1n) is 5.38. The molecule has 110 valence electrons. The summed E-state index contributed by atoms with van der Waals surface area (Å²) in [6.45, 7) is 5.08. The minimum atomic E-state index is -3.83. The second-order valence-electron chi connectivity index (χ2n) is 4.48. The molecule has 0 aliphatic rings. The van der Waals surface area contributed by atoms with E-state index in [1.54, 1.807) is 20.8 Å². The average molecular weight is 295 g/mol. The molecule has 8 nitrogen and oxygen atoms in total. The van der Waals surface area contributed by atoms with Crippen molar-refractivity contribution in [1.82, 2.24) is 0 Å². The van der Waals surface area contributed by atoms with Crippen LogP contribution in [0.25, 0.3) is 0 Å². The van der Waals surface area contributed by atoms with E-state index in [0.29, 0.717) is 0 Å². The number of Topliss-reactive ketones (excluding diaryl/α,β-unsaturated/α-hetero) is 1. The fraction of sp³-hybridized carbons (Fsp3) is 0.700. The summed E-state index contributed by atoms with van der Waals surface area (Å²) in [5.74, 6) is -2.57. The molecular formula is C10H17NO7S. The number of carbonyl (C=O) groups excluding carboxylic acids is 2. The molecule has 0 atom stereocenters. The maximum absolute atomic E-state index is 11.5. The van der Waals surface area contributed by atoms with Crippen molar-refractivity contribution in [3.05, 3.63) is 0 Å². The third-order valence-corrected chi connectivity index (χ3v) is 2.86. The van der Waals surface area contributed by atoms with E-state index >= 15 is 0 Å². The number of oxime groups is 1. The molecule has 0 saturated heterocycles. The van der Waals surface area contributed by atoms with Crippen LogP contribution in [0.5, 0.6) is 0 Å². The summed E-state index contributed by atoms with van der Waals surface area (Å²) in [4.78, 5) is 23.0. The van der Waals surface area contributed by atoms with Crippen molar-refractivity contribution in [2.45, 2.75) is 33.3 Å². The van der Waals surface area contributed by atoms with Gasteiger partial charge in [-0.05, 0) is 27.7 Å². The van der Waals surface area contributed by atoms with Crippen LogP contribution in [0.15, 0.2) is 5.16 Å². The zero-order valence-electron chi connectivity index (χ0n) is 11.2. The van der Waals surface area contributed by atoms with Gasteiger partial charge in [0.2, 0.25) is 11.5 Å². The second kappa shape index (κ2) is 6.62. The maximum atomic E-state index is 11.5. The Hall–Kier alpha value is -1.48. The van der Waals surface area contributed by atoms with Gasteiger partial charge in [-0.25, -0.2) is 4.79 Å². The molecular weight excluding hydrogens is 278 g/mol. The van der Waals surface area contributed by atoms with Crippen molar-refractivity contribution in [2.75, 3.05) is 12.4 Å². The van der Waals surface area contributed by atoms with Gasteiger partial charge in [0.15, 0.2) is 0 Å². The molecule has 0 aliphatic heterocycles. The number of rotatable bonds is 6. The molecule has 9 heteroatoms. The minimum absolute atomic E-state index is 0.321. The van der Waals surface area contributed by atoms with Gasteiger partial charge in [0, 0.05) is 0 Å². The van der Waals surface area contributed by atoms with Crippen LogP contribution in [0.2, 0.25) is 0 Å². The molecule has 0 spiro atoms. The average Bonchev–Trinajstić information content (AvgIpc) is 2.25. The standard InChI is InChI=1S/C10H17NO7S/c1-5-19(15,16)17-6-7(12)8(11-14)9(13)18-10(2,3)4/h14H,5-6H2,1-4H3. The normalized spacial score (nSPS) is 13.2. The van der Waals surface area contributed by atoms with E-state index in [2.05, 4.69) is 9.34 Å². The number of carbonyl (C=O) groups is 2. The number of ether oxygens (including phenoxy) is 1. The summed E-state index contributed by atoms with van der Waals surface area (Å²) in [6.07, 6.45) is 0. The summed E-state index contributed by atoms with van der Waals surface area (Å²) in [6, 6.07) is 0. The highest BCUT2D eigenvalue weighted by Crippen LogP contribution is 2.08. The first-order valence-corrected chi connectivity index (χ1v) is 6.96. The Kier molecular flexibility index (Phi) is 6.10. The molecule has 0 bridgehead atoms. The molecule has 0 radical (unpaired) electrons. The van der Waals surface area contributed by atoms with E-state index < -0.39 is 39.8 Å². The molecule has 0 fully saturated rings. The van der Waals surface area contributed by atoms with Gasteiger partial charge in [-0.3, -0.25) is 8.98 Å². The predicted octanol–water partition coefficient (Wildman–Crippen LogP) is 0.0937. The third-order valence-electron chi connectivity index (χ3n) is 1.68. The summed E-state index contributed by atoms with van der Waals surface area (Å²) in [7, 11) is -3.83. The Bertz CT molecular complexity index is 473. The molecule has 19 heavy (non-hydrogen) atoms. The number of ketones is 1. The number of hydrogen-bond acceptors (Lipinski definition) is 8. The van der Waals surface area contributed by atoms with Crippen LogP contribution in [0.1, 0.15) is 27.7 Å². The third kappa shape index (κ3) is 6.87. The fourth-order valence-electron chi connectivity index (χ4n) is 0.832. The van der Waals surface area contributed by atoms with E-state index in [1.165, 1.54) is 6.92 Å². The van der Waals surface area contributed by atoms with Gasteiger partial charge < -0.3 is 9.94 Å². The lowest BCUT2D eigenvalue weighted by Crippen LogP contribution is -2.35. The van der Waals surface area contributed by atoms with Crippen molar-refractivity contribution >= 4 is 27.6 Å². The summed E-state index contributed by atoms with van der Waals surface area (Å²) in [5.41, 5.74) is -1.80. The molecule has 0 rings (SSSR count). The van der Waals surface area contributed by atoms with Crippen LogP contribution < -0.4 is 0 Å². The van der Waals surface area contributed by atoms with Crippen LogP contribution in [-0.4, -0.2) is 49.1 Å². The summed E-state index contributed by atoms with van der Waals surface area (Å²) >= 11 is 0. The van der Waals surface area contributed by atoms with Crippen molar-refractivity contribution in [3.8, 4) is 0 Å². The SMILES string of the molecule is CCS(=O)(=O)OCC(=O)C(=NO)C(=O)OC(C)(C)C. The van der Waals surface area contributed by atoms with E-state index in [4.69, 9.17) is 9.94 Å². The number of nitrogens with zero attached hydrogens (tertiary/aromatic N) is 1. The fourth-order valence-corrected chi connectivity index (χ4v) is 1.29.